The van der Waals surface area contributed by atoms with Crippen LogP contribution >= 0.6 is 11.8 Å². The summed E-state index contributed by atoms with van der Waals surface area (Å²) >= 11 is 0.985. The van der Waals surface area contributed by atoms with Gasteiger partial charge in [0, 0.05) is 5.56 Å². The van der Waals surface area contributed by atoms with Crippen LogP contribution in [0.4, 0.5) is 4.39 Å². The number of aliphatic carboxylic acids is 1. The molecule has 0 radical (unpaired) electrons. The molecule has 0 aromatic heterocycles. The van der Waals surface area contributed by atoms with Crippen LogP contribution in [0.25, 0.3) is 0 Å². The molecule has 1 amide bonds. The van der Waals surface area contributed by atoms with E-state index in [0.717, 1.165) is 11.8 Å². The quantitative estimate of drug-likeness (QED) is 0.626. The minimum absolute atomic E-state index is 0.0401. The fraction of sp³-hybridized carbons (Fsp3) is 0.231. The number of hydrogen-bond donors (Lipinski definition) is 2. The van der Waals surface area contributed by atoms with Crippen molar-refractivity contribution in [2.75, 3.05) is 7.11 Å². The number of nitrogens with zero attached hydrogens (tertiary/aromatic N) is 2. The summed E-state index contributed by atoms with van der Waals surface area (Å²) in [5, 5.41) is 18.1. The number of carboxylic acids is 1. The molecule has 0 saturated carbocycles. The second-order valence-electron chi connectivity index (χ2n) is 4.21. The standard InChI is InChI=1S/C13H12FN3O4S/c1-21-11-7(3-2-4-8(11)14)6-15-17-13-16-12(20)9(22-13)5-10(18)19/h2-4,6,9H,5H2,1H3,(H,18,19)(H,16,17,20). The number of amidine groups is 1. The molecular weight excluding hydrogens is 313 g/mol. The monoisotopic (exact) mass is 325 g/mol. The highest BCUT2D eigenvalue weighted by Crippen LogP contribution is 2.23. The maximum absolute atomic E-state index is 13.5. The molecule has 9 heteroatoms. The first-order chi connectivity index (χ1) is 10.5. The van der Waals surface area contributed by atoms with Crippen molar-refractivity contribution in [1.82, 2.24) is 5.32 Å². The average Bonchev–Trinajstić information content (AvgIpc) is 2.78. The van der Waals surface area contributed by atoms with E-state index in [1.54, 1.807) is 6.07 Å². The van der Waals surface area contributed by atoms with Crippen molar-refractivity contribution in [2.24, 2.45) is 10.2 Å². The molecule has 22 heavy (non-hydrogen) atoms. The van der Waals surface area contributed by atoms with Gasteiger partial charge in [-0.2, -0.15) is 5.10 Å². The van der Waals surface area contributed by atoms with Gasteiger partial charge >= 0.3 is 5.97 Å². The van der Waals surface area contributed by atoms with Crippen LogP contribution in [0.5, 0.6) is 5.75 Å². The van der Waals surface area contributed by atoms with Crippen molar-refractivity contribution >= 4 is 35.0 Å². The first-order valence-corrected chi connectivity index (χ1v) is 7.02. The molecule has 1 aliphatic rings. The maximum Gasteiger partial charge on any atom is 0.305 e. The molecule has 1 unspecified atom stereocenters. The van der Waals surface area contributed by atoms with Crippen molar-refractivity contribution in [1.29, 1.82) is 0 Å². The molecule has 2 rings (SSSR count). The zero-order valence-electron chi connectivity index (χ0n) is 11.4. The molecule has 1 atom stereocenters. The van der Waals surface area contributed by atoms with Crippen LogP contribution in [-0.2, 0) is 9.59 Å². The van der Waals surface area contributed by atoms with Crippen LogP contribution in [-0.4, -0.2) is 40.7 Å². The number of para-hydroxylation sites is 1. The lowest BCUT2D eigenvalue weighted by atomic mass is 10.2. The summed E-state index contributed by atoms with van der Waals surface area (Å²) in [6, 6.07) is 4.35. The minimum Gasteiger partial charge on any atom is -0.493 e. The number of ether oxygens (including phenoxy) is 1. The fourth-order valence-electron chi connectivity index (χ4n) is 1.73. The number of carboxylic acid groups (broad SMARTS) is 1. The van der Waals surface area contributed by atoms with Gasteiger partial charge < -0.3 is 15.2 Å². The highest BCUT2D eigenvalue weighted by Gasteiger charge is 2.32. The van der Waals surface area contributed by atoms with Crippen molar-refractivity contribution in [3.8, 4) is 5.75 Å². The van der Waals surface area contributed by atoms with Gasteiger partial charge in [0.2, 0.25) is 5.91 Å². The summed E-state index contributed by atoms with van der Waals surface area (Å²) in [6.45, 7) is 0. The van der Waals surface area contributed by atoms with Crippen LogP contribution in [0.2, 0.25) is 0 Å². The number of amides is 1. The molecule has 7 nitrogen and oxygen atoms in total. The molecule has 0 aliphatic carbocycles. The summed E-state index contributed by atoms with van der Waals surface area (Å²) < 4.78 is 18.4. The van der Waals surface area contributed by atoms with E-state index < -0.39 is 22.9 Å². The number of halogens is 1. The molecule has 0 spiro atoms. The van der Waals surface area contributed by atoms with Gasteiger partial charge in [-0.25, -0.2) is 4.39 Å². The van der Waals surface area contributed by atoms with Gasteiger partial charge in [-0.3, -0.25) is 9.59 Å². The summed E-state index contributed by atoms with van der Waals surface area (Å²) in [5.41, 5.74) is 0.392. The van der Waals surface area contributed by atoms with E-state index in [9.17, 15) is 14.0 Å². The number of rotatable bonds is 5. The number of thioether (sulfide) groups is 1. The van der Waals surface area contributed by atoms with Crippen LogP contribution in [0, 0.1) is 5.82 Å². The number of methoxy groups -OCH3 is 1. The summed E-state index contributed by atoms with van der Waals surface area (Å²) in [6.07, 6.45) is 0.989. The van der Waals surface area contributed by atoms with E-state index in [4.69, 9.17) is 9.84 Å². The highest BCUT2D eigenvalue weighted by atomic mass is 32.2. The SMILES string of the molecule is COc1c(F)cccc1C=NN=C1NC(=O)C(CC(=O)O)S1. The third kappa shape index (κ3) is 3.82. The zero-order valence-corrected chi connectivity index (χ0v) is 12.3. The van der Waals surface area contributed by atoms with Crippen molar-refractivity contribution < 1.29 is 23.8 Å². The molecule has 0 bridgehead atoms. The topological polar surface area (TPSA) is 100 Å². The molecule has 1 aromatic rings. The first kappa shape index (κ1) is 16.0. The summed E-state index contributed by atoms with van der Waals surface area (Å²) in [4.78, 5) is 22.1. The lowest BCUT2D eigenvalue weighted by Crippen LogP contribution is -2.26. The Hall–Kier alpha value is -2.42. The van der Waals surface area contributed by atoms with E-state index in [2.05, 4.69) is 15.5 Å². The van der Waals surface area contributed by atoms with Gasteiger partial charge in [-0.05, 0) is 12.1 Å². The number of benzene rings is 1. The van der Waals surface area contributed by atoms with E-state index in [-0.39, 0.29) is 17.3 Å². The molecule has 1 aliphatic heterocycles. The molecule has 1 heterocycles. The van der Waals surface area contributed by atoms with Crippen molar-refractivity contribution in [3.63, 3.8) is 0 Å². The smallest absolute Gasteiger partial charge is 0.305 e. The van der Waals surface area contributed by atoms with E-state index >= 15 is 0 Å². The second kappa shape index (κ2) is 7.03. The Morgan fingerprint density at radius 3 is 3.05 bits per heavy atom. The van der Waals surface area contributed by atoms with Gasteiger partial charge in [-0.15, -0.1) is 5.10 Å². The molecule has 2 N–H and O–H groups in total. The molecular formula is C13H12FN3O4S. The predicted molar refractivity (Wildman–Crippen MR) is 79.8 cm³/mol. The Bertz CT molecular complexity index is 663. The lowest BCUT2D eigenvalue weighted by Gasteiger charge is -2.04. The van der Waals surface area contributed by atoms with Crippen LogP contribution in [0.1, 0.15) is 12.0 Å². The Morgan fingerprint density at radius 1 is 1.59 bits per heavy atom. The number of nitrogens with one attached hydrogen (secondary N) is 1. The summed E-state index contributed by atoms with van der Waals surface area (Å²) in [7, 11) is 1.34. The molecule has 1 aromatic carbocycles. The molecule has 1 fully saturated rings. The maximum atomic E-state index is 13.5. The lowest BCUT2D eigenvalue weighted by molar-refractivity contribution is -0.138. The summed E-state index contributed by atoms with van der Waals surface area (Å²) in [5.74, 6) is -1.98. The Labute approximate surface area is 129 Å². The van der Waals surface area contributed by atoms with Crippen molar-refractivity contribution in [3.05, 3.63) is 29.6 Å². The zero-order chi connectivity index (χ0) is 16.1. The third-order valence-electron chi connectivity index (χ3n) is 2.68. The number of hydrogen-bond acceptors (Lipinski definition) is 6. The normalized spacial score (nSPS) is 19.6. The molecule has 1 saturated heterocycles. The molecule has 116 valence electrons. The second-order valence-corrected chi connectivity index (χ2v) is 5.40. The van der Waals surface area contributed by atoms with Gasteiger partial charge in [0.1, 0.15) is 5.25 Å². The Kier molecular flexibility index (Phi) is 5.10. The Balaban J connectivity index is 2.08. The third-order valence-corrected chi connectivity index (χ3v) is 3.76. The number of carbonyl (C=O) groups is 2. The predicted octanol–water partition coefficient (Wildman–Crippen LogP) is 1.23. The van der Waals surface area contributed by atoms with Gasteiger partial charge in [0.15, 0.2) is 16.7 Å². The van der Waals surface area contributed by atoms with E-state index in [1.807, 2.05) is 0 Å². The van der Waals surface area contributed by atoms with Crippen LogP contribution in [0.3, 0.4) is 0 Å². The average molecular weight is 325 g/mol. The first-order valence-electron chi connectivity index (χ1n) is 6.14. The largest absolute Gasteiger partial charge is 0.493 e. The van der Waals surface area contributed by atoms with Crippen LogP contribution in [0.15, 0.2) is 28.4 Å². The van der Waals surface area contributed by atoms with E-state index in [0.29, 0.717) is 5.56 Å². The number of carbonyl (C=O) groups excluding carboxylic acids is 1. The van der Waals surface area contributed by atoms with Gasteiger partial charge in [0.05, 0.1) is 19.7 Å². The van der Waals surface area contributed by atoms with Crippen molar-refractivity contribution in [2.45, 2.75) is 11.7 Å². The minimum atomic E-state index is -1.07. The highest BCUT2D eigenvalue weighted by molar-refractivity contribution is 8.15. The van der Waals surface area contributed by atoms with Gasteiger partial charge in [0.25, 0.3) is 0 Å². The Morgan fingerprint density at radius 2 is 2.36 bits per heavy atom. The fourth-order valence-corrected chi connectivity index (χ4v) is 2.65. The van der Waals surface area contributed by atoms with E-state index in [1.165, 1.54) is 25.5 Å². The van der Waals surface area contributed by atoms with Crippen LogP contribution < -0.4 is 10.1 Å². The van der Waals surface area contributed by atoms with Gasteiger partial charge in [-0.1, -0.05) is 17.8 Å².